The van der Waals surface area contributed by atoms with Gasteiger partial charge >= 0.3 is 0 Å². The topological polar surface area (TPSA) is 68.5 Å². The minimum atomic E-state index is -0.0958. The average Bonchev–Trinajstić information content (AvgIpc) is 3.15. The minimum Gasteiger partial charge on any atom is -0.497 e. The molecule has 0 spiro atoms. The number of ether oxygens (including phenoxy) is 1. The molecule has 146 valence electrons. The molecule has 0 radical (unpaired) electrons. The first-order valence-electron chi connectivity index (χ1n) is 9.11. The highest BCUT2D eigenvalue weighted by molar-refractivity contribution is 5.94. The Hall–Kier alpha value is -3.15. The van der Waals surface area contributed by atoms with Crippen LogP contribution in [0.5, 0.6) is 5.75 Å². The molecule has 0 aliphatic carbocycles. The van der Waals surface area contributed by atoms with E-state index >= 15 is 0 Å². The molecule has 1 aromatic heterocycles. The third-order valence-corrected chi connectivity index (χ3v) is 4.51. The van der Waals surface area contributed by atoms with E-state index in [0.29, 0.717) is 17.3 Å². The van der Waals surface area contributed by atoms with E-state index < -0.39 is 0 Å². The van der Waals surface area contributed by atoms with E-state index in [4.69, 9.17) is 9.26 Å². The second-order valence-electron chi connectivity index (χ2n) is 7.73. The number of amides is 1. The minimum absolute atomic E-state index is 0.0494. The summed E-state index contributed by atoms with van der Waals surface area (Å²) in [5, 5.41) is 4.01. The monoisotopic (exact) mass is 379 g/mol. The fourth-order valence-electron chi connectivity index (χ4n) is 2.81. The molecule has 1 heterocycles. The fourth-order valence-corrected chi connectivity index (χ4v) is 2.81. The van der Waals surface area contributed by atoms with Crippen LogP contribution < -0.4 is 4.74 Å². The first-order valence-corrected chi connectivity index (χ1v) is 9.11. The summed E-state index contributed by atoms with van der Waals surface area (Å²) in [6.45, 7) is 6.67. The molecule has 0 aliphatic rings. The molecule has 3 aromatic rings. The predicted octanol–water partition coefficient (Wildman–Crippen LogP) is 4.31. The van der Waals surface area contributed by atoms with Crippen LogP contribution in [0.15, 0.2) is 53.1 Å². The average molecular weight is 379 g/mol. The van der Waals surface area contributed by atoms with Crippen LogP contribution in [0.1, 0.15) is 42.6 Å². The third kappa shape index (κ3) is 4.39. The summed E-state index contributed by atoms with van der Waals surface area (Å²) < 4.78 is 10.5. The molecule has 0 saturated carbocycles. The van der Waals surface area contributed by atoms with Gasteiger partial charge in [0.05, 0.1) is 13.7 Å². The lowest BCUT2D eigenvalue weighted by atomic mass is 9.86. The molecule has 0 N–H and O–H groups in total. The molecule has 0 unspecified atom stereocenters. The molecule has 6 heteroatoms. The molecular formula is C22H25N3O3. The maximum Gasteiger partial charge on any atom is 0.254 e. The van der Waals surface area contributed by atoms with Crippen molar-refractivity contribution < 1.29 is 14.1 Å². The Kier molecular flexibility index (Phi) is 5.49. The smallest absolute Gasteiger partial charge is 0.254 e. The first kappa shape index (κ1) is 19.6. The van der Waals surface area contributed by atoms with Crippen molar-refractivity contribution in [1.29, 1.82) is 0 Å². The summed E-state index contributed by atoms with van der Waals surface area (Å²) in [6.07, 6.45) is 0. The van der Waals surface area contributed by atoms with Gasteiger partial charge in [0.15, 0.2) is 0 Å². The van der Waals surface area contributed by atoms with Crippen LogP contribution in [0.25, 0.3) is 11.4 Å². The number of carbonyl (C=O) groups is 1. The van der Waals surface area contributed by atoms with Gasteiger partial charge in [0, 0.05) is 18.2 Å². The van der Waals surface area contributed by atoms with Gasteiger partial charge in [0.2, 0.25) is 11.7 Å². The maximum atomic E-state index is 12.7. The van der Waals surface area contributed by atoms with Crippen molar-refractivity contribution in [3.63, 3.8) is 0 Å². The number of aromatic nitrogens is 2. The lowest BCUT2D eigenvalue weighted by Gasteiger charge is -2.20. The van der Waals surface area contributed by atoms with Crippen LogP contribution in [-0.2, 0) is 12.0 Å². The highest BCUT2D eigenvalue weighted by atomic mass is 16.5. The number of nitrogens with zero attached hydrogens (tertiary/aromatic N) is 3. The SMILES string of the molecule is COc1cccc(-c2noc(CN(C)C(=O)c3ccc(C(C)(C)C)cc3)n2)c1. The molecule has 0 fully saturated rings. The van der Waals surface area contributed by atoms with Crippen molar-refractivity contribution >= 4 is 5.91 Å². The van der Waals surface area contributed by atoms with E-state index in [2.05, 4.69) is 30.9 Å². The molecule has 0 saturated heterocycles. The van der Waals surface area contributed by atoms with Gasteiger partial charge in [0.1, 0.15) is 5.75 Å². The number of rotatable bonds is 5. The number of carbonyl (C=O) groups excluding carboxylic acids is 1. The summed E-state index contributed by atoms with van der Waals surface area (Å²) in [5.41, 5.74) is 2.66. The van der Waals surface area contributed by atoms with Crippen molar-refractivity contribution in [3.8, 4) is 17.1 Å². The lowest BCUT2D eigenvalue weighted by molar-refractivity contribution is 0.0769. The maximum absolute atomic E-state index is 12.7. The molecule has 0 aliphatic heterocycles. The van der Waals surface area contributed by atoms with Gasteiger partial charge in [-0.1, -0.05) is 50.2 Å². The van der Waals surface area contributed by atoms with Gasteiger partial charge in [0.25, 0.3) is 5.91 Å². The van der Waals surface area contributed by atoms with Gasteiger partial charge in [-0.05, 0) is 35.2 Å². The number of benzene rings is 2. The normalized spacial score (nSPS) is 11.3. The zero-order valence-electron chi connectivity index (χ0n) is 16.9. The van der Waals surface area contributed by atoms with E-state index in [1.54, 1.807) is 19.1 Å². The summed E-state index contributed by atoms with van der Waals surface area (Å²) in [5.74, 6) is 1.46. The predicted molar refractivity (Wildman–Crippen MR) is 107 cm³/mol. The number of methoxy groups -OCH3 is 1. The number of hydrogen-bond donors (Lipinski definition) is 0. The molecular weight excluding hydrogens is 354 g/mol. The van der Waals surface area contributed by atoms with Gasteiger partial charge in [-0.3, -0.25) is 4.79 Å². The van der Waals surface area contributed by atoms with Crippen LogP contribution in [0.3, 0.4) is 0 Å². The largest absolute Gasteiger partial charge is 0.497 e. The highest BCUT2D eigenvalue weighted by Crippen LogP contribution is 2.23. The molecule has 0 atom stereocenters. The van der Waals surface area contributed by atoms with Crippen LogP contribution >= 0.6 is 0 Å². The molecule has 28 heavy (non-hydrogen) atoms. The van der Waals surface area contributed by atoms with Crippen molar-refractivity contribution in [2.24, 2.45) is 0 Å². The number of hydrogen-bond acceptors (Lipinski definition) is 5. The first-order chi connectivity index (χ1) is 13.3. The molecule has 6 nitrogen and oxygen atoms in total. The highest BCUT2D eigenvalue weighted by Gasteiger charge is 2.18. The van der Waals surface area contributed by atoms with Crippen LogP contribution in [0.2, 0.25) is 0 Å². The Morgan fingerprint density at radius 2 is 1.86 bits per heavy atom. The second-order valence-corrected chi connectivity index (χ2v) is 7.73. The van der Waals surface area contributed by atoms with Crippen LogP contribution in [-0.4, -0.2) is 35.1 Å². The van der Waals surface area contributed by atoms with Crippen molar-refractivity contribution in [1.82, 2.24) is 15.0 Å². The van der Waals surface area contributed by atoms with Crippen molar-refractivity contribution in [2.45, 2.75) is 32.7 Å². The van der Waals surface area contributed by atoms with Crippen LogP contribution in [0.4, 0.5) is 0 Å². The van der Waals surface area contributed by atoms with E-state index in [9.17, 15) is 4.79 Å². The van der Waals surface area contributed by atoms with Gasteiger partial charge < -0.3 is 14.2 Å². The molecule has 1 amide bonds. The standard InChI is InChI=1S/C22H25N3O3/c1-22(2,3)17-11-9-15(10-12-17)21(26)25(4)14-19-23-20(24-28-19)16-7-6-8-18(13-16)27-5/h6-13H,14H2,1-5H3. The van der Waals surface area contributed by atoms with Gasteiger partial charge in [-0.25, -0.2) is 0 Å². The molecule has 0 bridgehead atoms. The van der Waals surface area contributed by atoms with E-state index in [0.717, 1.165) is 11.3 Å². The fraction of sp³-hybridized carbons (Fsp3) is 0.318. The Balaban J connectivity index is 1.70. The molecule has 3 rings (SSSR count). The Bertz CT molecular complexity index is 956. The quantitative estimate of drug-likeness (QED) is 0.660. The zero-order valence-corrected chi connectivity index (χ0v) is 16.9. The van der Waals surface area contributed by atoms with Crippen molar-refractivity contribution in [3.05, 3.63) is 65.5 Å². The Morgan fingerprint density at radius 3 is 2.50 bits per heavy atom. The second kappa shape index (κ2) is 7.84. The summed E-state index contributed by atoms with van der Waals surface area (Å²) in [6, 6.07) is 15.1. The summed E-state index contributed by atoms with van der Waals surface area (Å²) in [4.78, 5) is 18.6. The Labute approximate surface area is 165 Å². The van der Waals surface area contributed by atoms with E-state index in [1.165, 1.54) is 5.56 Å². The van der Waals surface area contributed by atoms with E-state index in [-0.39, 0.29) is 17.9 Å². The summed E-state index contributed by atoms with van der Waals surface area (Å²) >= 11 is 0. The van der Waals surface area contributed by atoms with Gasteiger partial charge in [-0.2, -0.15) is 4.98 Å². The zero-order chi connectivity index (χ0) is 20.3. The molecule has 2 aromatic carbocycles. The third-order valence-electron chi connectivity index (χ3n) is 4.51. The Morgan fingerprint density at radius 1 is 1.14 bits per heavy atom. The lowest BCUT2D eigenvalue weighted by Crippen LogP contribution is -2.26. The summed E-state index contributed by atoms with van der Waals surface area (Å²) in [7, 11) is 3.32. The van der Waals surface area contributed by atoms with Crippen LogP contribution in [0, 0.1) is 0 Å². The van der Waals surface area contributed by atoms with Crippen molar-refractivity contribution in [2.75, 3.05) is 14.2 Å². The van der Waals surface area contributed by atoms with Gasteiger partial charge in [-0.15, -0.1) is 0 Å². The van der Waals surface area contributed by atoms with E-state index in [1.807, 2.05) is 48.5 Å².